The fourth-order valence-electron chi connectivity index (χ4n) is 6.89. The van der Waals surface area contributed by atoms with Crippen molar-refractivity contribution in [3.05, 3.63) is 63.8 Å². The first-order valence-electron chi connectivity index (χ1n) is 15.5. The molecule has 5 rings (SSSR count). The lowest BCUT2D eigenvalue weighted by Gasteiger charge is -2.41. The molecule has 3 aromatic rings. The first-order valence-corrected chi connectivity index (χ1v) is 15.5. The van der Waals surface area contributed by atoms with E-state index in [4.69, 9.17) is 14.2 Å². The molecule has 1 aromatic heterocycles. The molecule has 0 N–H and O–H groups in total. The van der Waals surface area contributed by atoms with Crippen LogP contribution in [0.3, 0.4) is 0 Å². The number of fused-ring (bicyclic) bond motifs is 2. The monoisotopic (exact) mass is 574 g/mol. The Hall–Kier alpha value is -3.32. The second-order valence-corrected chi connectivity index (χ2v) is 13.0. The fraction of sp³-hybridized carbons (Fsp3) is 0.543. The van der Waals surface area contributed by atoms with Crippen LogP contribution in [-0.4, -0.2) is 47.4 Å². The molecule has 1 aliphatic carbocycles. The van der Waals surface area contributed by atoms with Crippen molar-refractivity contribution in [3.8, 4) is 5.75 Å². The van der Waals surface area contributed by atoms with Crippen molar-refractivity contribution < 1.29 is 23.8 Å². The van der Waals surface area contributed by atoms with Gasteiger partial charge in [-0.3, -0.25) is 9.47 Å². The summed E-state index contributed by atoms with van der Waals surface area (Å²) < 4.78 is 18.7. The molecule has 7 nitrogen and oxygen atoms in total. The summed E-state index contributed by atoms with van der Waals surface area (Å²) in [4.78, 5) is 28.5. The number of methoxy groups -OCH3 is 1. The number of esters is 1. The molecule has 0 radical (unpaired) electrons. The average molecular weight is 575 g/mol. The zero-order valence-corrected chi connectivity index (χ0v) is 26.3. The smallest absolute Gasteiger partial charge is 0.419 e. The van der Waals surface area contributed by atoms with Crippen LogP contribution in [0.2, 0.25) is 0 Å². The van der Waals surface area contributed by atoms with Gasteiger partial charge in [0.25, 0.3) is 0 Å². The Balaban J connectivity index is 1.56. The first kappa shape index (κ1) is 30.1. The van der Waals surface area contributed by atoms with Crippen molar-refractivity contribution in [1.82, 2.24) is 9.47 Å². The Bertz CT molecular complexity index is 1480. The van der Waals surface area contributed by atoms with Crippen molar-refractivity contribution in [2.24, 2.45) is 5.92 Å². The number of aryl methyl sites for hydroxylation is 1. The van der Waals surface area contributed by atoms with E-state index in [1.807, 2.05) is 59.0 Å². The van der Waals surface area contributed by atoms with Crippen LogP contribution >= 0.6 is 0 Å². The minimum absolute atomic E-state index is 0.211. The summed E-state index contributed by atoms with van der Waals surface area (Å²) >= 11 is 0. The second kappa shape index (κ2) is 12.1. The fourth-order valence-corrected chi connectivity index (χ4v) is 6.89. The van der Waals surface area contributed by atoms with Crippen LogP contribution in [0.4, 0.5) is 4.79 Å². The lowest BCUT2D eigenvalue weighted by atomic mass is 9.79. The number of carbonyl (C=O) groups excluding carboxylic acids is 2. The van der Waals surface area contributed by atoms with E-state index < -0.39 is 5.60 Å². The SMILES string of the molecule is CCOC(=O)c1ccc(C2CC(C)CCN2Cc2c(OC)cc(C)c3c2ccn3C(=O)OC(C)(C)C)c2c1CCCC2. The van der Waals surface area contributed by atoms with E-state index in [1.54, 1.807) is 11.7 Å². The van der Waals surface area contributed by atoms with Gasteiger partial charge < -0.3 is 14.2 Å². The van der Waals surface area contributed by atoms with Gasteiger partial charge in [0.15, 0.2) is 0 Å². The van der Waals surface area contributed by atoms with Gasteiger partial charge in [-0.15, -0.1) is 0 Å². The van der Waals surface area contributed by atoms with Crippen molar-refractivity contribution in [3.63, 3.8) is 0 Å². The molecule has 1 saturated heterocycles. The second-order valence-electron chi connectivity index (χ2n) is 13.0. The predicted molar refractivity (Wildman–Crippen MR) is 165 cm³/mol. The van der Waals surface area contributed by atoms with Crippen LogP contribution in [0.15, 0.2) is 30.5 Å². The predicted octanol–water partition coefficient (Wildman–Crippen LogP) is 7.77. The zero-order chi connectivity index (χ0) is 30.2. The molecule has 2 heterocycles. The summed E-state index contributed by atoms with van der Waals surface area (Å²) in [6.45, 7) is 13.9. The van der Waals surface area contributed by atoms with E-state index in [2.05, 4.69) is 17.9 Å². The maximum absolute atomic E-state index is 13.1. The molecule has 0 amide bonds. The molecule has 0 bridgehead atoms. The third-order valence-corrected chi connectivity index (χ3v) is 8.80. The zero-order valence-electron chi connectivity index (χ0n) is 26.3. The third kappa shape index (κ3) is 5.94. The first-order chi connectivity index (χ1) is 20.0. The number of piperidine rings is 1. The van der Waals surface area contributed by atoms with Gasteiger partial charge in [0.1, 0.15) is 11.4 Å². The highest BCUT2D eigenvalue weighted by Crippen LogP contribution is 2.42. The number of nitrogens with zero attached hydrogens (tertiary/aromatic N) is 2. The van der Waals surface area contributed by atoms with Crippen molar-refractivity contribution in [2.75, 3.05) is 20.3 Å². The van der Waals surface area contributed by atoms with Crippen LogP contribution in [-0.2, 0) is 28.9 Å². The van der Waals surface area contributed by atoms with Gasteiger partial charge in [-0.1, -0.05) is 13.0 Å². The Morgan fingerprint density at radius 3 is 2.50 bits per heavy atom. The largest absolute Gasteiger partial charge is 0.496 e. The molecule has 42 heavy (non-hydrogen) atoms. The summed E-state index contributed by atoms with van der Waals surface area (Å²) in [7, 11) is 1.72. The summed E-state index contributed by atoms with van der Waals surface area (Å²) in [6, 6.07) is 8.47. The maximum Gasteiger partial charge on any atom is 0.419 e. The molecule has 0 saturated carbocycles. The Kier molecular flexibility index (Phi) is 8.70. The topological polar surface area (TPSA) is 70.0 Å². The molecule has 0 spiro atoms. The van der Waals surface area contributed by atoms with Crippen LogP contribution in [0, 0.1) is 12.8 Å². The van der Waals surface area contributed by atoms with Gasteiger partial charge in [0.2, 0.25) is 0 Å². The van der Waals surface area contributed by atoms with E-state index in [1.165, 1.54) is 16.7 Å². The molecule has 226 valence electrons. The Labute approximate surface area is 250 Å². The van der Waals surface area contributed by atoms with Gasteiger partial charge >= 0.3 is 12.1 Å². The highest BCUT2D eigenvalue weighted by atomic mass is 16.6. The van der Waals surface area contributed by atoms with Crippen molar-refractivity contribution >= 4 is 23.0 Å². The number of aromatic nitrogens is 1. The lowest BCUT2D eigenvalue weighted by molar-refractivity contribution is 0.0520. The van der Waals surface area contributed by atoms with Gasteiger partial charge in [-0.2, -0.15) is 0 Å². The number of ether oxygens (including phenoxy) is 3. The maximum atomic E-state index is 13.1. The van der Waals surface area contributed by atoms with Gasteiger partial charge in [0, 0.05) is 29.7 Å². The minimum atomic E-state index is -0.587. The molecule has 7 heteroatoms. The summed E-state index contributed by atoms with van der Waals surface area (Å²) in [5, 5.41) is 1.01. The molecular weight excluding hydrogens is 528 g/mol. The van der Waals surface area contributed by atoms with E-state index in [0.29, 0.717) is 19.1 Å². The van der Waals surface area contributed by atoms with Crippen molar-refractivity contribution in [1.29, 1.82) is 0 Å². The minimum Gasteiger partial charge on any atom is -0.496 e. The lowest BCUT2D eigenvalue weighted by Crippen LogP contribution is -2.37. The Morgan fingerprint density at radius 2 is 1.81 bits per heavy atom. The van der Waals surface area contributed by atoms with E-state index in [0.717, 1.165) is 78.4 Å². The molecule has 2 unspecified atom stereocenters. The number of rotatable bonds is 6. The number of hydrogen-bond donors (Lipinski definition) is 0. The van der Waals surface area contributed by atoms with Gasteiger partial charge in [0.05, 0.1) is 24.8 Å². The number of benzene rings is 2. The third-order valence-electron chi connectivity index (χ3n) is 8.80. The normalized spacial score (nSPS) is 19.4. The quantitative estimate of drug-likeness (QED) is 0.280. The average Bonchev–Trinajstić information content (AvgIpc) is 3.40. The van der Waals surface area contributed by atoms with Crippen LogP contribution in [0.5, 0.6) is 5.75 Å². The van der Waals surface area contributed by atoms with Crippen LogP contribution < -0.4 is 4.74 Å². The number of carbonyl (C=O) groups is 2. The molecular formula is C35H46N2O5. The summed E-state index contributed by atoms with van der Waals surface area (Å²) in [5.41, 5.74) is 6.92. The molecule has 1 fully saturated rings. The molecule has 2 aromatic carbocycles. The van der Waals surface area contributed by atoms with Gasteiger partial charge in [-0.25, -0.2) is 9.59 Å². The van der Waals surface area contributed by atoms with Crippen molar-refractivity contribution in [2.45, 2.75) is 98.3 Å². The highest BCUT2D eigenvalue weighted by molar-refractivity contribution is 5.95. The van der Waals surface area contributed by atoms with E-state index >= 15 is 0 Å². The van der Waals surface area contributed by atoms with E-state index in [9.17, 15) is 9.59 Å². The molecule has 1 aliphatic heterocycles. The number of likely N-dealkylation sites (tertiary alicyclic amines) is 1. The van der Waals surface area contributed by atoms with E-state index in [-0.39, 0.29) is 18.1 Å². The van der Waals surface area contributed by atoms with Gasteiger partial charge in [-0.05, 0) is 126 Å². The number of hydrogen-bond acceptors (Lipinski definition) is 6. The summed E-state index contributed by atoms with van der Waals surface area (Å²) in [5.74, 6) is 1.22. The van der Waals surface area contributed by atoms with Crippen LogP contribution in [0.1, 0.15) is 105 Å². The Morgan fingerprint density at radius 1 is 1.07 bits per heavy atom. The standard InChI is InChI=1S/C35H46N2O5/c1-8-41-33(38)28-14-13-26(24-11-9-10-12-25(24)28)30-19-22(2)15-17-36(30)21-29-27-16-18-37(34(39)42-35(4,5)6)32(27)23(3)20-31(29)40-7/h13-14,16,18,20,22,30H,8-12,15,17,19,21H2,1-7H3. The highest BCUT2D eigenvalue weighted by Gasteiger charge is 2.33. The summed E-state index contributed by atoms with van der Waals surface area (Å²) in [6.07, 6.45) is 7.76. The molecule has 2 atom stereocenters. The van der Waals surface area contributed by atoms with Crippen LogP contribution in [0.25, 0.3) is 10.9 Å². The molecule has 2 aliphatic rings.